The number of halogens is 1. The molecule has 0 spiro atoms. The molecule has 0 saturated carbocycles. The molecule has 0 aliphatic rings. The van der Waals surface area contributed by atoms with Gasteiger partial charge in [0.1, 0.15) is 22.0 Å². The predicted molar refractivity (Wildman–Crippen MR) is 119 cm³/mol. The number of benzene rings is 2. The number of fused-ring (bicyclic) bond motifs is 1. The van der Waals surface area contributed by atoms with E-state index in [4.69, 9.17) is 0 Å². The van der Waals surface area contributed by atoms with Crippen molar-refractivity contribution in [2.24, 2.45) is 0 Å². The number of aromatic nitrogens is 2. The van der Waals surface area contributed by atoms with E-state index in [1.54, 1.807) is 36.4 Å². The molecule has 0 fully saturated rings. The van der Waals surface area contributed by atoms with Gasteiger partial charge in [-0.2, -0.15) is 0 Å². The minimum absolute atomic E-state index is 0.0605. The summed E-state index contributed by atoms with van der Waals surface area (Å²) in [6, 6.07) is 13.1. The van der Waals surface area contributed by atoms with E-state index in [0.717, 1.165) is 21.3 Å². The molecule has 1 N–H and O–H groups in total. The van der Waals surface area contributed by atoms with Crippen LogP contribution in [0.2, 0.25) is 0 Å². The Labute approximate surface area is 180 Å². The number of rotatable bonds is 6. The number of Topliss-reactive ketones (excluding diaryl/α,β-unsaturated/α-hetero) is 1. The third kappa shape index (κ3) is 4.39. The molecule has 2 aromatic heterocycles. The number of ketones is 1. The summed E-state index contributed by atoms with van der Waals surface area (Å²) in [5.41, 5.74) is 2.89. The summed E-state index contributed by atoms with van der Waals surface area (Å²) in [5, 5.41) is 6.31. The van der Waals surface area contributed by atoms with E-state index >= 15 is 0 Å². The van der Waals surface area contributed by atoms with E-state index in [2.05, 4.69) is 15.3 Å². The van der Waals surface area contributed by atoms with Crippen molar-refractivity contribution >= 4 is 50.7 Å². The molecule has 0 saturated heterocycles. The van der Waals surface area contributed by atoms with Crippen molar-refractivity contribution in [3.8, 4) is 11.1 Å². The van der Waals surface area contributed by atoms with Gasteiger partial charge in [-0.3, -0.25) is 9.59 Å². The molecule has 4 rings (SSSR count). The van der Waals surface area contributed by atoms with Crippen LogP contribution in [0.1, 0.15) is 17.3 Å². The average molecular weight is 438 g/mol. The van der Waals surface area contributed by atoms with Crippen LogP contribution < -0.4 is 5.32 Å². The smallest absolute Gasteiger partial charge is 0.234 e. The SMILES string of the molecule is CC(=O)c1cccc(NC(=O)CSc2ncnc3scc(-c4ccc(F)cc4)c23)c1. The number of hydrogen-bond donors (Lipinski definition) is 1. The fraction of sp³-hybridized carbons (Fsp3) is 0.0909. The Balaban J connectivity index is 1.53. The van der Waals surface area contributed by atoms with Crippen molar-refractivity contribution in [3.05, 3.63) is 71.6 Å². The number of thioether (sulfide) groups is 1. The lowest BCUT2D eigenvalue weighted by atomic mass is 10.1. The maximum Gasteiger partial charge on any atom is 0.234 e. The third-order valence-electron chi connectivity index (χ3n) is 4.38. The molecule has 30 heavy (non-hydrogen) atoms. The molecule has 5 nitrogen and oxygen atoms in total. The maximum atomic E-state index is 13.3. The number of amides is 1. The monoisotopic (exact) mass is 437 g/mol. The van der Waals surface area contributed by atoms with Crippen LogP contribution in [0.5, 0.6) is 0 Å². The number of carbonyl (C=O) groups is 2. The number of carbonyl (C=O) groups excluding carboxylic acids is 2. The van der Waals surface area contributed by atoms with Crippen LogP contribution in [0, 0.1) is 5.82 Å². The van der Waals surface area contributed by atoms with Gasteiger partial charge in [0, 0.05) is 22.2 Å². The van der Waals surface area contributed by atoms with E-state index in [-0.39, 0.29) is 23.3 Å². The molecular formula is C22H16FN3O2S2. The first kappa shape index (κ1) is 20.2. The lowest BCUT2D eigenvalue weighted by Gasteiger charge is -2.07. The zero-order valence-electron chi connectivity index (χ0n) is 15.9. The van der Waals surface area contributed by atoms with Gasteiger partial charge in [-0.15, -0.1) is 11.3 Å². The number of hydrogen-bond acceptors (Lipinski definition) is 6. The Kier molecular flexibility index (Phi) is 5.87. The lowest BCUT2D eigenvalue weighted by molar-refractivity contribution is -0.113. The standard InChI is InChI=1S/C22H16FN3O2S2/c1-13(27)15-3-2-4-17(9-15)26-19(28)11-30-22-20-18(10-29-21(20)24-12-25-22)14-5-7-16(23)8-6-14/h2-10,12H,11H2,1H3,(H,26,28). The van der Waals surface area contributed by atoms with Gasteiger partial charge in [-0.05, 0) is 36.8 Å². The first-order valence-electron chi connectivity index (χ1n) is 9.03. The van der Waals surface area contributed by atoms with E-state index in [1.165, 1.54) is 48.5 Å². The van der Waals surface area contributed by atoms with Gasteiger partial charge in [-0.1, -0.05) is 36.0 Å². The van der Waals surface area contributed by atoms with Crippen molar-refractivity contribution in [2.45, 2.75) is 11.9 Å². The van der Waals surface area contributed by atoms with Gasteiger partial charge >= 0.3 is 0 Å². The summed E-state index contributed by atoms with van der Waals surface area (Å²) in [7, 11) is 0. The highest BCUT2D eigenvalue weighted by molar-refractivity contribution is 8.00. The van der Waals surface area contributed by atoms with Crippen LogP contribution in [-0.2, 0) is 4.79 Å². The highest BCUT2D eigenvalue weighted by Gasteiger charge is 2.15. The quantitative estimate of drug-likeness (QED) is 0.247. The molecule has 0 aliphatic carbocycles. The van der Waals surface area contributed by atoms with Crippen molar-refractivity contribution in [2.75, 3.05) is 11.1 Å². The maximum absolute atomic E-state index is 13.3. The summed E-state index contributed by atoms with van der Waals surface area (Å²) in [6.45, 7) is 1.48. The van der Waals surface area contributed by atoms with Crippen molar-refractivity contribution in [1.82, 2.24) is 9.97 Å². The summed E-state index contributed by atoms with van der Waals surface area (Å²) in [5.74, 6) is -0.412. The van der Waals surface area contributed by atoms with Crippen LogP contribution in [-0.4, -0.2) is 27.4 Å². The number of nitrogens with one attached hydrogen (secondary N) is 1. The first-order valence-corrected chi connectivity index (χ1v) is 10.9. The number of thiophene rings is 1. The third-order valence-corrected chi connectivity index (χ3v) is 6.26. The lowest BCUT2D eigenvalue weighted by Crippen LogP contribution is -2.14. The molecule has 4 aromatic rings. The number of anilines is 1. The second-order valence-electron chi connectivity index (χ2n) is 6.49. The number of nitrogens with zero attached hydrogens (tertiary/aromatic N) is 2. The van der Waals surface area contributed by atoms with Crippen molar-refractivity contribution < 1.29 is 14.0 Å². The Morgan fingerprint density at radius 2 is 1.93 bits per heavy atom. The van der Waals surface area contributed by atoms with Crippen LogP contribution in [0.3, 0.4) is 0 Å². The van der Waals surface area contributed by atoms with Crippen molar-refractivity contribution in [3.63, 3.8) is 0 Å². The fourth-order valence-electron chi connectivity index (χ4n) is 2.95. The summed E-state index contributed by atoms with van der Waals surface area (Å²) in [4.78, 5) is 33.4. The Hall–Kier alpha value is -3.10. The Morgan fingerprint density at radius 1 is 1.13 bits per heavy atom. The minimum Gasteiger partial charge on any atom is -0.325 e. The molecule has 2 heterocycles. The summed E-state index contributed by atoms with van der Waals surface area (Å²) >= 11 is 2.78. The summed E-state index contributed by atoms with van der Waals surface area (Å²) < 4.78 is 13.3. The highest BCUT2D eigenvalue weighted by atomic mass is 32.2. The second kappa shape index (κ2) is 8.73. The zero-order chi connectivity index (χ0) is 21.1. The zero-order valence-corrected chi connectivity index (χ0v) is 17.5. The molecule has 0 aliphatic heterocycles. The van der Waals surface area contributed by atoms with E-state index < -0.39 is 0 Å². The molecule has 0 radical (unpaired) electrons. The summed E-state index contributed by atoms with van der Waals surface area (Å²) in [6.07, 6.45) is 1.48. The van der Waals surface area contributed by atoms with Crippen LogP contribution in [0.15, 0.2) is 65.3 Å². The molecule has 1 amide bonds. The van der Waals surface area contributed by atoms with Crippen molar-refractivity contribution in [1.29, 1.82) is 0 Å². The van der Waals surface area contributed by atoms with Gasteiger partial charge < -0.3 is 5.32 Å². The molecule has 0 atom stereocenters. The molecule has 2 aromatic carbocycles. The van der Waals surface area contributed by atoms with Crippen LogP contribution in [0.4, 0.5) is 10.1 Å². The topological polar surface area (TPSA) is 72.0 Å². The van der Waals surface area contributed by atoms with Crippen LogP contribution in [0.25, 0.3) is 21.3 Å². The highest BCUT2D eigenvalue weighted by Crippen LogP contribution is 2.37. The van der Waals surface area contributed by atoms with Gasteiger partial charge in [0.15, 0.2) is 5.78 Å². The van der Waals surface area contributed by atoms with Gasteiger partial charge in [0.05, 0.1) is 11.1 Å². The van der Waals surface area contributed by atoms with E-state index in [0.29, 0.717) is 16.3 Å². The molecule has 8 heteroatoms. The normalized spacial score (nSPS) is 10.9. The largest absolute Gasteiger partial charge is 0.325 e. The van der Waals surface area contributed by atoms with Crippen LogP contribution >= 0.6 is 23.1 Å². The van der Waals surface area contributed by atoms with E-state index in [9.17, 15) is 14.0 Å². The first-order chi connectivity index (χ1) is 14.5. The molecule has 150 valence electrons. The second-order valence-corrected chi connectivity index (χ2v) is 8.31. The minimum atomic E-state index is -0.297. The van der Waals surface area contributed by atoms with Gasteiger partial charge in [-0.25, -0.2) is 14.4 Å². The predicted octanol–water partition coefficient (Wildman–Crippen LogP) is 5.43. The molecule has 0 bridgehead atoms. The van der Waals surface area contributed by atoms with Gasteiger partial charge in [0.25, 0.3) is 0 Å². The van der Waals surface area contributed by atoms with Gasteiger partial charge in [0.2, 0.25) is 5.91 Å². The Bertz CT molecular complexity index is 1240. The molecule has 0 unspecified atom stereocenters. The fourth-order valence-corrected chi connectivity index (χ4v) is 4.74. The molecular weight excluding hydrogens is 421 g/mol. The Morgan fingerprint density at radius 3 is 2.70 bits per heavy atom. The average Bonchev–Trinajstić information content (AvgIpc) is 3.18. The van der Waals surface area contributed by atoms with E-state index in [1.807, 2.05) is 5.38 Å².